The highest BCUT2D eigenvalue weighted by molar-refractivity contribution is 14.1. The Bertz CT molecular complexity index is 546. The molecule has 0 heterocycles. The number of carbonyl (C=O) groups excluding carboxylic acids is 1. The molecule has 0 aliphatic rings. The third-order valence-electron chi connectivity index (χ3n) is 2.74. The molecular formula is C16H15IOS. The van der Waals surface area contributed by atoms with Crippen LogP contribution in [0, 0.1) is 10.5 Å². The molecule has 0 N–H and O–H groups in total. The van der Waals surface area contributed by atoms with Gasteiger partial charge in [-0.15, -0.1) is 11.8 Å². The summed E-state index contributed by atoms with van der Waals surface area (Å²) in [5, 5.41) is 0. The molecule has 0 saturated heterocycles. The Hall–Kier alpha value is -0.810. The summed E-state index contributed by atoms with van der Waals surface area (Å²) in [6.07, 6.45) is 0.524. The van der Waals surface area contributed by atoms with Gasteiger partial charge in [-0.05, 0) is 59.3 Å². The van der Waals surface area contributed by atoms with E-state index in [1.165, 1.54) is 9.13 Å². The zero-order valence-corrected chi connectivity index (χ0v) is 13.7. The van der Waals surface area contributed by atoms with Crippen molar-refractivity contribution < 1.29 is 4.79 Å². The van der Waals surface area contributed by atoms with E-state index in [1.807, 2.05) is 24.3 Å². The van der Waals surface area contributed by atoms with Crippen molar-refractivity contribution in [3.05, 3.63) is 63.2 Å². The van der Waals surface area contributed by atoms with Crippen LogP contribution in [0.5, 0.6) is 0 Å². The molecule has 0 saturated carbocycles. The van der Waals surface area contributed by atoms with Gasteiger partial charge in [0, 0.05) is 14.9 Å². The van der Waals surface area contributed by atoms with E-state index in [0.717, 1.165) is 10.5 Å². The highest BCUT2D eigenvalue weighted by atomic mass is 127. The largest absolute Gasteiger partial charge is 0.298 e. The summed E-state index contributed by atoms with van der Waals surface area (Å²) in [7, 11) is 0. The molecule has 98 valence electrons. The fourth-order valence-corrected chi connectivity index (χ4v) is 2.80. The van der Waals surface area contributed by atoms with Crippen molar-refractivity contribution in [2.75, 3.05) is 5.75 Å². The second kappa shape index (κ2) is 7.10. The van der Waals surface area contributed by atoms with Crippen LogP contribution in [0.2, 0.25) is 0 Å². The van der Waals surface area contributed by atoms with E-state index < -0.39 is 0 Å². The molecular weight excluding hydrogens is 367 g/mol. The van der Waals surface area contributed by atoms with Crippen molar-refractivity contribution in [3.63, 3.8) is 0 Å². The van der Waals surface area contributed by atoms with Crippen molar-refractivity contribution >= 4 is 40.1 Å². The zero-order valence-electron chi connectivity index (χ0n) is 10.7. The minimum Gasteiger partial charge on any atom is -0.298 e. The number of thioether (sulfide) groups is 1. The number of hydrogen-bond donors (Lipinski definition) is 0. The Morgan fingerprint density at radius 2 is 1.68 bits per heavy atom. The van der Waals surface area contributed by atoms with Gasteiger partial charge in [-0.1, -0.05) is 29.8 Å². The molecule has 19 heavy (non-hydrogen) atoms. The third kappa shape index (κ3) is 4.99. The first kappa shape index (κ1) is 14.6. The van der Waals surface area contributed by atoms with Crippen molar-refractivity contribution in [2.45, 2.75) is 18.2 Å². The lowest BCUT2D eigenvalue weighted by molar-refractivity contribution is -0.116. The van der Waals surface area contributed by atoms with Gasteiger partial charge >= 0.3 is 0 Å². The van der Waals surface area contributed by atoms with E-state index in [1.54, 1.807) is 11.8 Å². The maximum Gasteiger partial charge on any atom is 0.147 e. The van der Waals surface area contributed by atoms with E-state index in [0.29, 0.717) is 12.2 Å². The SMILES string of the molecule is Cc1ccc(SCC(=O)Cc2ccc(I)cc2)cc1. The third-order valence-corrected chi connectivity index (χ3v) is 4.53. The lowest BCUT2D eigenvalue weighted by Gasteiger charge is -2.03. The van der Waals surface area contributed by atoms with Crippen LogP contribution in [0.3, 0.4) is 0 Å². The fraction of sp³-hybridized carbons (Fsp3) is 0.188. The number of hydrogen-bond acceptors (Lipinski definition) is 2. The molecule has 2 rings (SSSR count). The normalized spacial score (nSPS) is 10.4. The molecule has 0 aliphatic carbocycles. The summed E-state index contributed by atoms with van der Waals surface area (Å²) in [4.78, 5) is 13.1. The molecule has 2 aromatic rings. The number of Topliss-reactive ketones (excluding diaryl/α,β-unsaturated/α-hetero) is 1. The van der Waals surface area contributed by atoms with Gasteiger partial charge in [0.15, 0.2) is 0 Å². The van der Waals surface area contributed by atoms with Crippen LogP contribution in [0.15, 0.2) is 53.4 Å². The van der Waals surface area contributed by atoms with Crippen LogP contribution in [-0.4, -0.2) is 11.5 Å². The van der Waals surface area contributed by atoms with Crippen LogP contribution in [0.4, 0.5) is 0 Å². The van der Waals surface area contributed by atoms with Crippen molar-refractivity contribution in [2.24, 2.45) is 0 Å². The Balaban J connectivity index is 1.84. The first-order valence-electron chi connectivity index (χ1n) is 6.09. The highest BCUT2D eigenvalue weighted by Gasteiger charge is 2.05. The smallest absolute Gasteiger partial charge is 0.147 e. The lowest BCUT2D eigenvalue weighted by Crippen LogP contribution is -2.05. The number of halogens is 1. The fourth-order valence-electron chi connectivity index (χ4n) is 1.68. The molecule has 0 unspecified atom stereocenters. The average molecular weight is 382 g/mol. The molecule has 0 amide bonds. The molecule has 0 aliphatic heterocycles. The van der Waals surface area contributed by atoms with Gasteiger partial charge in [0.25, 0.3) is 0 Å². The predicted octanol–water partition coefficient (Wildman–Crippen LogP) is 4.50. The van der Waals surface area contributed by atoms with E-state index in [2.05, 4.69) is 53.8 Å². The molecule has 3 heteroatoms. The van der Waals surface area contributed by atoms with Crippen LogP contribution in [0.25, 0.3) is 0 Å². The monoisotopic (exact) mass is 382 g/mol. The second-order valence-electron chi connectivity index (χ2n) is 4.44. The van der Waals surface area contributed by atoms with Crippen molar-refractivity contribution in [1.29, 1.82) is 0 Å². The Kier molecular flexibility index (Phi) is 5.45. The van der Waals surface area contributed by atoms with E-state index >= 15 is 0 Å². The minimum atomic E-state index is 0.270. The maximum absolute atomic E-state index is 11.9. The van der Waals surface area contributed by atoms with Crippen molar-refractivity contribution in [1.82, 2.24) is 0 Å². The van der Waals surface area contributed by atoms with Crippen LogP contribution < -0.4 is 0 Å². The summed E-state index contributed by atoms with van der Waals surface area (Å²) in [5.74, 6) is 0.807. The molecule has 0 fully saturated rings. The van der Waals surface area contributed by atoms with Gasteiger partial charge in [0.05, 0.1) is 5.75 Å². The molecule has 1 nitrogen and oxygen atoms in total. The second-order valence-corrected chi connectivity index (χ2v) is 6.74. The molecule has 0 aromatic heterocycles. The number of ketones is 1. The first-order valence-corrected chi connectivity index (χ1v) is 8.15. The molecule has 0 atom stereocenters. The summed E-state index contributed by atoms with van der Waals surface area (Å²) in [5.41, 5.74) is 2.34. The molecule has 0 radical (unpaired) electrons. The van der Waals surface area contributed by atoms with Gasteiger partial charge in [-0.25, -0.2) is 0 Å². The Labute approximate surface area is 131 Å². The quantitative estimate of drug-likeness (QED) is 0.560. The van der Waals surface area contributed by atoms with Gasteiger partial charge < -0.3 is 0 Å². The first-order chi connectivity index (χ1) is 9.13. The van der Waals surface area contributed by atoms with Crippen LogP contribution in [0.1, 0.15) is 11.1 Å². The maximum atomic E-state index is 11.9. The number of carbonyl (C=O) groups is 1. The number of benzene rings is 2. The summed E-state index contributed by atoms with van der Waals surface area (Å²) in [6, 6.07) is 16.4. The van der Waals surface area contributed by atoms with Gasteiger partial charge in [-0.3, -0.25) is 4.79 Å². The summed E-state index contributed by atoms with van der Waals surface area (Å²) >= 11 is 3.88. The summed E-state index contributed by atoms with van der Waals surface area (Å²) < 4.78 is 1.20. The standard InChI is InChI=1S/C16H15IOS/c1-12-2-8-16(9-3-12)19-11-15(18)10-13-4-6-14(17)7-5-13/h2-9H,10-11H2,1H3. The van der Waals surface area contributed by atoms with Crippen LogP contribution >= 0.6 is 34.4 Å². The van der Waals surface area contributed by atoms with E-state index in [4.69, 9.17) is 0 Å². The van der Waals surface area contributed by atoms with Crippen LogP contribution in [-0.2, 0) is 11.2 Å². The average Bonchev–Trinajstić information content (AvgIpc) is 2.41. The lowest BCUT2D eigenvalue weighted by atomic mass is 10.1. The number of rotatable bonds is 5. The van der Waals surface area contributed by atoms with Gasteiger partial charge in [0.1, 0.15) is 5.78 Å². The topological polar surface area (TPSA) is 17.1 Å². The van der Waals surface area contributed by atoms with Gasteiger partial charge in [-0.2, -0.15) is 0 Å². The molecule has 2 aromatic carbocycles. The van der Waals surface area contributed by atoms with E-state index in [9.17, 15) is 4.79 Å². The van der Waals surface area contributed by atoms with E-state index in [-0.39, 0.29) is 5.78 Å². The highest BCUT2D eigenvalue weighted by Crippen LogP contribution is 2.19. The zero-order chi connectivity index (χ0) is 13.7. The molecule has 0 bridgehead atoms. The molecule has 0 spiro atoms. The minimum absolute atomic E-state index is 0.270. The predicted molar refractivity (Wildman–Crippen MR) is 89.8 cm³/mol. The summed E-state index contributed by atoms with van der Waals surface area (Å²) in [6.45, 7) is 2.07. The van der Waals surface area contributed by atoms with Gasteiger partial charge in [0.2, 0.25) is 0 Å². The van der Waals surface area contributed by atoms with Crippen molar-refractivity contribution in [3.8, 4) is 0 Å². The Morgan fingerprint density at radius 3 is 2.32 bits per heavy atom. The number of aryl methyl sites for hydroxylation is 1. The Morgan fingerprint density at radius 1 is 1.05 bits per heavy atom.